The van der Waals surface area contributed by atoms with Gasteiger partial charge in [0.1, 0.15) is 11.6 Å². The van der Waals surface area contributed by atoms with Crippen LogP contribution in [0.5, 0.6) is 0 Å². The van der Waals surface area contributed by atoms with Gasteiger partial charge in [-0.2, -0.15) is 0 Å². The highest BCUT2D eigenvalue weighted by atomic mass is 127. The Kier molecular flexibility index (Phi) is 6.70. The lowest BCUT2D eigenvalue weighted by molar-refractivity contribution is -0.133. The van der Waals surface area contributed by atoms with Crippen LogP contribution in [0.15, 0.2) is 0 Å². The first kappa shape index (κ1) is 15.5. The van der Waals surface area contributed by atoms with E-state index in [4.69, 9.17) is 4.74 Å². The van der Waals surface area contributed by atoms with Crippen LogP contribution >= 0.6 is 23.0 Å². The lowest BCUT2D eigenvalue weighted by atomic mass is 10.2. The smallest absolute Gasteiger partial charge is 0.408 e. The van der Waals surface area contributed by atoms with E-state index in [1.807, 2.05) is 6.92 Å². The fraction of sp³-hybridized carbons (Fsp3) is 0.800. The van der Waals surface area contributed by atoms with Gasteiger partial charge in [-0.1, -0.05) is 13.3 Å². The van der Waals surface area contributed by atoms with Gasteiger partial charge in [0, 0.05) is 0 Å². The molecular weight excluding hydrogens is 325 g/mol. The minimum Gasteiger partial charge on any atom is -0.444 e. The maximum absolute atomic E-state index is 11.4. The Morgan fingerprint density at radius 2 is 1.94 bits per heavy atom. The molecule has 0 spiro atoms. The van der Waals surface area contributed by atoms with Crippen molar-refractivity contribution in [2.45, 2.75) is 52.2 Å². The summed E-state index contributed by atoms with van der Waals surface area (Å²) < 4.78 is 9.61. The fourth-order valence-corrected chi connectivity index (χ4v) is 1.35. The Labute approximate surface area is 110 Å². The number of hydrogen-bond acceptors (Lipinski definition) is 4. The van der Waals surface area contributed by atoms with Gasteiger partial charge in [0.25, 0.3) is 0 Å². The molecule has 1 amide bonds. The average Bonchev–Trinajstić information content (AvgIpc) is 2.13. The van der Waals surface area contributed by atoms with Gasteiger partial charge >= 0.3 is 12.1 Å². The highest BCUT2D eigenvalue weighted by molar-refractivity contribution is 14.1. The minimum atomic E-state index is -0.642. The van der Waals surface area contributed by atoms with Gasteiger partial charge in [-0.15, -0.1) is 0 Å². The number of nitrogens with one attached hydrogen (secondary N) is 1. The van der Waals surface area contributed by atoms with Gasteiger partial charge in [-0.3, -0.25) is 0 Å². The van der Waals surface area contributed by atoms with E-state index in [0.717, 1.165) is 6.42 Å². The van der Waals surface area contributed by atoms with Crippen LogP contribution in [0.2, 0.25) is 0 Å². The van der Waals surface area contributed by atoms with E-state index in [1.165, 1.54) is 23.0 Å². The molecule has 0 saturated carbocycles. The number of halogens is 1. The minimum absolute atomic E-state index is 0.465. The fourth-order valence-electron chi connectivity index (χ4n) is 1.04. The van der Waals surface area contributed by atoms with Crippen molar-refractivity contribution in [1.82, 2.24) is 5.32 Å². The maximum atomic E-state index is 11.4. The van der Waals surface area contributed by atoms with Crippen LogP contribution < -0.4 is 5.32 Å². The van der Waals surface area contributed by atoms with E-state index in [0.29, 0.717) is 6.42 Å². The molecule has 1 atom stereocenters. The first-order valence-electron chi connectivity index (χ1n) is 5.12. The summed E-state index contributed by atoms with van der Waals surface area (Å²) in [5, 5.41) is 2.48. The van der Waals surface area contributed by atoms with Gasteiger partial charge in [0.15, 0.2) is 23.0 Å². The summed E-state index contributed by atoms with van der Waals surface area (Å²) in [5.41, 5.74) is -0.574. The SMILES string of the molecule is CCCC(NC(=O)OC(C)(C)C)C(=O)OI. The second-order valence-electron chi connectivity index (χ2n) is 4.38. The zero-order valence-electron chi connectivity index (χ0n) is 10.0. The average molecular weight is 343 g/mol. The zero-order chi connectivity index (χ0) is 12.8. The van der Waals surface area contributed by atoms with Crippen LogP contribution in [0, 0.1) is 0 Å². The first-order chi connectivity index (χ1) is 7.30. The van der Waals surface area contributed by atoms with Crippen molar-refractivity contribution in [3.63, 3.8) is 0 Å². The number of hydrogen-bond donors (Lipinski definition) is 1. The second-order valence-corrected chi connectivity index (χ2v) is 4.82. The number of alkyl carbamates (subject to hydrolysis) is 1. The Bertz CT molecular complexity index is 250. The molecule has 0 aromatic rings. The highest BCUT2D eigenvalue weighted by Crippen LogP contribution is 2.08. The molecule has 0 saturated heterocycles. The molecule has 0 aromatic carbocycles. The Balaban J connectivity index is 4.29. The lowest BCUT2D eigenvalue weighted by Gasteiger charge is -2.22. The van der Waals surface area contributed by atoms with E-state index in [-0.39, 0.29) is 0 Å². The van der Waals surface area contributed by atoms with Crippen molar-refractivity contribution in [1.29, 1.82) is 0 Å². The summed E-state index contributed by atoms with van der Waals surface area (Å²) in [5.74, 6) is -0.465. The van der Waals surface area contributed by atoms with Crippen LogP contribution in [-0.2, 0) is 12.6 Å². The molecule has 0 rings (SSSR count). The van der Waals surface area contributed by atoms with Crippen molar-refractivity contribution in [2.75, 3.05) is 0 Å². The van der Waals surface area contributed by atoms with Crippen molar-refractivity contribution >= 4 is 35.1 Å². The Hall–Kier alpha value is -0.530. The van der Waals surface area contributed by atoms with E-state index in [1.54, 1.807) is 20.8 Å². The van der Waals surface area contributed by atoms with E-state index < -0.39 is 23.7 Å². The maximum Gasteiger partial charge on any atom is 0.408 e. The van der Waals surface area contributed by atoms with Gasteiger partial charge in [0.05, 0.1) is 0 Å². The normalized spacial score (nSPS) is 12.8. The summed E-state index contributed by atoms with van der Waals surface area (Å²) in [6.07, 6.45) is 0.695. The Morgan fingerprint density at radius 1 is 1.38 bits per heavy atom. The summed E-state index contributed by atoms with van der Waals surface area (Å²) >= 11 is 1.50. The molecule has 5 nitrogen and oxygen atoms in total. The molecule has 0 heterocycles. The van der Waals surface area contributed by atoms with E-state index >= 15 is 0 Å². The predicted octanol–water partition coefficient (Wildman–Crippen LogP) is 2.57. The van der Waals surface area contributed by atoms with Crippen LogP contribution in [0.1, 0.15) is 40.5 Å². The highest BCUT2D eigenvalue weighted by Gasteiger charge is 2.24. The van der Waals surface area contributed by atoms with E-state index in [9.17, 15) is 9.59 Å². The van der Waals surface area contributed by atoms with Gasteiger partial charge in [-0.05, 0) is 27.2 Å². The predicted molar refractivity (Wildman–Crippen MR) is 68.2 cm³/mol. The lowest BCUT2D eigenvalue weighted by Crippen LogP contribution is -2.43. The van der Waals surface area contributed by atoms with Crippen LogP contribution in [0.4, 0.5) is 4.79 Å². The third-order valence-corrected chi connectivity index (χ3v) is 2.06. The molecule has 0 aromatic heterocycles. The quantitative estimate of drug-likeness (QED) is 0.797. The summed E-state index contributed by atoms with van der Waals surface area (Å²) in [7, 11) is 0. The van der Waals surface area contributed by atoms with Gasteiger partial charge < -0.3 is 13.1 Å². The zero-order valence-corrected chi connectivity index (χ0v) is 12.2. The molecule has 0 aliphatic heterocycles. The molecule has 6 heteroatoms. The van der Waals surface area contributed by atoms with Crippen LogP contribution in [0.3, 0.4) is 0 Å². The third-order valence-electron chi connectivity index (χ3n) is 1.63. The summed E-state index contributed by atoms with van der Waals surface area (Å²) in [6.45, 7) is 7.21. The number of carbonyl (C=O) groups is 2. The molecule has 0 fully saturated rings. The molecule has 94 valence electrons. The first-order valence-corrected chi connectivity index (χ1v) is 6.00. The van der Waals surface area contributed by atoms with Gasteiger partial charge in [-0.25, -0.2) is 9.59 Å². The summed E-state index contributed by atoms with van der Waals surface area (Å²) in [6, 6.07) is -0.642. The molecule has 0 aliphatic rings. The number of amides is 1. The standard InChI is InChI=1S/C10H18INO4/c1-5-6-7(8(13)16-11)12-9(14)15-10(2,3)4/h7H,5-6H2,1-4H3,(H,12,14). The van der Waals surface area contributed by atoms with Crippen molar-refractivity contribution in [3.8, 4) is 0 Å². The third kappa shape index (κ3) is 6.86. The molecule has 16 heavy (non-hydrogen) atoms. The number of ether oxygens (including phenoxy) is 1. The second kappa shape index (κ2) is 6.93. The van der Waals surface area contributed by atoms with Crippen molar-refractivity contribution < 1.29 is 17.4 Å². The monoisotopic (exact) mass is 343 g/mol. The van der Waals surface area contributed by atoms with Crippen molar-refractivity contribution in [3.05, 3.63) is 0 Å². The van der Waals surface area contributed by atoms with Gasteiger partial charge in [0.2, 0.25) is 0 Å². The molecule has 0 aliphatic carbocycles. The van der Waals surface area contributed by atoms with Crippen LogP contribution in [-0.4, -0.2) is 23.7 Å². The van der Waals surface area contributed by atoms with Crippen LogP contribution in [0.25, 0.3) is 0 Å². The topological polar surface area (TPSA) is 64.6 Å². The molecule has 0 bridgehead atoms. The Morgan fingerprint density at radius 3 is 2.31 bits per heavy atom. The largest absolute Gasteiger partial charge is 0.444 e. The number of carbonyl (C=O) groups excluding carboxylic acids is 2. The number of rotatable bonds is 4. The molecule has 0 radical (unpaired) electrons. The molecular formula is C10H18INO4. The molecule has 1 N–H and O–H groups in total. The summed E-state index contributed by atoms with van der Waals surface area (Å²) in [4.78, 5) is 22.7. The van der Waals surface area contributed by atoms with Crippen molar-refractivity contribution in [2.24, 2.45) is 0 Å². The van der Waals surface area contributed by atoms with E-state index in [2.05, 4.69) is 8.38 Å². The molecule has 1 unspecified atom stereocenters.